The first-order valence-electron chi connectivity index (χ1n) is 6.30. The van der Waals surface area contributed by atoms with Gasteiger partial charge in [0.05, 0.1) is 18.9 Å². The topological polar surface area (TPSA) is 75.7 Å². The molecule has 0 radical (unpaired) electrons. The van der Waals surface area contributed by atoms with Crippen LogP contribution in [0.1, 0.15) is 23.2 Å². The molecule has 19 heavy (non-hydrogen) atoms. The number of ether oxygens (including phenoxy) is 1. The van der Waals surface area contributed by atoms with Crippen molar-refractivity contribution in [3.63, 3.8) is 0 Å². The van der Waals surface area contributed by atoms with Crippen LogP contribution in [0, 0.1) is 13.8 Å². The molecule has 6 heteroatoms. The van der Waals surface area contributed by atoms with E-state index in [4.69, 9.17) is 4.74 Å². The summed E-state index contributed by atoms with van der Waals surface area (Å²) in [6, 6.07) is 0. The van der Waals surface area contributed by atoms with E-state index in [0.717, 1.165) is 36.5 Å². The van der Waals surface area contributed by atoms with Crippen LogP contribution < -0.4 is 10.1 Å². The Labute approximate surface area is 112 Å². The van der Waals surface area contributed by atoms with Crippen molar-refractivity contribution in [3.05, 3.63) is 29.3 Å². The summed E-state index contributed by atoms with van der Waals surface area (Å²) in [4.78, 5) is 8.27. The smallest absolute Gasteiger partial charge is 0.221 e. The van der Waals surface area contributed by atoms with Crippen molar-refractivity contribution in [1.29, 1.82) is 0 Å². The van der Waals surface area contributed by atoms with Crippen LogP contribution in [0.15, 0.2) is 12.5 Å². The van der Waals surface area contributed by atoms with Gasteiger partial charge in [-0.3, -0.25) is 5.10 Å². The molecule has 2 rings (SSSR count). The number of hydrogen-bond acceptors (Lipinski definition) is 5. The Morgan fingerprint density at radius 2 is 2.16 bits per heavy atom. The number of H-pyrrole nitrogens is 1. The Hall–Kier alpha value is -2.11. The van der Waals surface area contributed by atoms with E-state index < -0.39 is 0 Å². The van der Waals surface area contributed by atoms with Gasteiger partial charge in [0.1, 0.15) is 12.1 Å². The van der Waals surface area contributed by atoms with E-state index in [9.17, 15) is 0 Å². The normalized spacial score (nSPS) is 10.5. The molecule has 0 aliphatic heterocycles. The molecule has 0 aliphatic carbocycles. The summed E-state index contributed by atoms with van der Waals surface area (Å²) in [5.41, 5.74) is 3.34. The molecule has 0 saturated carbocycles. The van der Waals surface area contributed by atoms with Crippen LogP contribution in [0.2, 0.25) is 0 Å². The van der Waals surface area contributed by atoms with Crippen molar-refractivity contribution < 1.29 is 4.74 Å². The number of rotatable bonds is 6. The van der Waals surface area contributed by atoms with Crippen molar-refractivity contribution in [2.75, 3.05) is 19.0 Å². The second-order valence-electron chi connectivity index (χ2n) is 4.41. The van der Waals surface area contributed by atoms with Gasteiger partial charge in [-0.2, -0.15) is 5.10 Å². The van der Waals surface area contributed by atoms with Crippen molar-refractivity contribution >= 4 is 5.82 Å². The van der Waals surface area contributed by atoms with E-state index in [1.165, 1.54) is 11.9 Å². The van der Waals surface area contributed by atoms with Gasteiger partial charge in [0.2, 0.25) is 5.88 Å². The van der Waals surface area contributed by atoms with E-state index in [2.05, 4.69) is 25.5 Å². The van der Waals surface area contributed by atoms with Gasteiger partial charge in [-0.25, -0.2) is 9.97 Å². The largest absolute Gasteiger partial charge is 0.481 e. The summed E-state index contributed by atoms with van der Waals surface area (Å²) < 4.78 is 5.16. The molecule has 0 atom stereocenters. The fraction of sp³-hybridized carbons (Fsp3) is 0.462. The lowest BCUT2D eigenvalue weighted by atomic mass is 10.1. The average Bonchev–Trinajstić information content (AvgIpc) is 2.82. The molecule has 2 heterocycles. The molecule has 6 nitrogen and oxygen atoms in total. The van der Waals surface area contributed by atoms with E-state index in [-0.39, 0.29) is 0 Å². The zero-order chi connectivity index (χ0) is 13.7. The molecule has 2 aromatic rings. The molecule has 2 N–H and O–H groups in total. The Morgan fingerprint density at radius 3 is 2.84 bits per heavy atom. The Kier molecular flexibility index (Phi) is 4.33. The van der Waals surface area contributed by atoms with Gasteiger partial charge in [-0.05, 0) is 32.3 Å². The molecule has 2 aromatic heterocycles. The monoisotopic (exact) mass is 261 g/mol. The number of hydrogen-bond donors (Lipinski definition) is 2. The van der Waals surface area contributed by atoms with Crippen molar-refractivity contribution in [1.82, 2.24) is 20.2 Å². The Morgan fingerprint density at radius 1 is 1.32 bits per heavy atom. The molecule has 0 aliphatic rings. The molecule has 0 saturated heterocycles. The molecule has 0 unspecified atom stereocenters. The number of nitrogens with one attached hydrogen (secondary N) is 2. The van der Waals surface area contributed by atoms with Crippen LogP contribution in [-0.4, -0.2) is 33.8 Å². The summed E-state index contributed by atoms with van der Waals surface area (Å²) in [5, 5.41) is 10.3. The molecular weight excluding hydrogens is 242 g/mol. The first kappa shape index (κ1) is 13.3. The average molecular weight is 261 g/mol. The lowest BCUT2D eigenvalue weighted by Gasteiger charge is -2.10. The molecule has 0 fully saturated rings. The van der Waals surface area contributed by atoms with E-state index in [0.29, 0.717) is 5.88 Å². The van der Waals surface area contributed by atoms with Crippen molar-refractivity contribution in [2.45, 2.75) is 26.7 Å². The molecule has 0 amide bonds. The number of anilines is 1. The Bertz CT molecular complexity index is 538. The van der Waals surface area contributed by atoms with Gasteiger partial charge in [0, 0.05) is 12.2 Å². The van der Waals surface area contributed by atoms with Crippen molar-refractivity contribution in [3.8, 4) is 5.88 Å². The first-order valence-corrected chi connectivity index (χ1v) is 6.30. The van der Waals surface area contributed by atoms with Gasteiger partial charge < -0.3 is 10.1 Å². The van der Waals surface area contributed by atoms with E-state index in [1.54, 1.807) is 7.11 Å². The van der Waals surface area contributed by atoms with Gasteiger partial charge >= 0.3 is 0 Å². The molecule has 0 spiro atoms. The number of aryl methyl sites for hydroxylation is 2. The number of aromatic nitrogens is 4. The highest BCUT2D eigenvalue weighted by Gasteiger charge is 2.06. The summed E-state index contributed by atoms with van der Waals surface area (Å²) >= 11 is 0. The van der Waals surface area contributed by atoms with Crippen LogP contribution in [0.25, 0.3) is 0 Å². The maximum absolute atomic E-state index is 5.16. The van der Waals surface area contributed by atoms with E-state index >= 15 is 0 Å². The zero-order valence-electron chi connectivity index (χ0n) is 11.5. The van der Waals surface area contributed by atoms with Gasteiger partial charge in [-0.1, -0.05) is 0 Å². The van der Waals surface area contributed by atoms with Crippen LogP contribution in [0.3, 0.4) is 0 Å². The third-order valence-electron chi connectivity index (χ3n) is 3.08. The second kappa shape index (κ2) is 6.17. The molecule has 0 bridgehead atoms. The van der Waals surface area contributed by atoms with E-state index in [1.807, 2.05) is 20.0 Å². The molecule has 102 valence electrons. The summed E-state index contributed by atoms with van der Waals surface area (Å²) in [5.74, 6) is 1.44. The highest BCUT2D eigenvalue weighted by Crippen LogP contribution is 2.19. The summed E-state index contributed by atoms with van der Waals surface area (Å²) in [6.07, 6.45) is 5.41. The second-order valence-corrected chi connectivity index (χ2v) is 4.41. The predicted molar refractivity (Wildman–Crippen MR) is 73.5 cm³/mol. The Balaban J connectivity index is 1.85. The quantitative estimate of drug-likeness (QED) is 0.776. The van der Waals surface area contributed by atoms with Gasteiger partial charge in [0.25, 0.3) is 0 Å². The third kappa shape index (κ3) is 3.21. The maximum Gasteiger partial charge on any atom is 0.221 e. The zero-order valence-corrected chi connectivity index (χ0v) is 11.5. The summed E-state index contributed by atoms with van der Waals surface area (Å²) in [6.45, 7) is 4.84. The van der Waals surface area contributed by atoms with Crippen LogP contribution in [-0.2, 0) is 6.42 Å². The SMILES string of the molecule is COc1ncnc(NCCCc2cn[nH]c2C)c1C. The first-order chi connectivity index (χ1) is 9.22. The minimum absolute atomic E-state index is 0.614. The lowest BCUT2D eigenvalue weighted by Crippen LogP contribution is -2.07. The van der Waals surface area contributed by atoms with Gasteiger partial charge in [-0.15, -0.1) is 0 Å². The van der Waals surface area contributed by atoms with Gasteiger partial charge in [0.15, 0.2) is 0 Å². The number of aromatic amines is 1. The number of methoxy groups -OCH3 is 1. The van der Waals surface area contributed by atoms with Crippen LogP contribution in [0.5, 0.6) is 5.88 Å². The number of nitrogens with zero attached hydrogens (tertiary/aromatic N) is 3. The highest BCUT2D eigenvalue weighted by molar-refractivity contribution is 5.47. The predicted octanol–water partition coefficient (Wildman–Crippen LogP) is 1.87. The fourth-order valence-corrected chi connectivity index (χ4v) is 1.93. The minimum atomic E-state index is 0.614. The van der Waals surface area contributed by atoms with Crippen LogP contribution >= 0.6 is 0 Å². The third-order valence-corrected chi connectivity index (χ3v) is 3.08. The molecule has 0 aromatic carbocycles. The fourth-order valence-electron chi connectivity index (χ4n) is 1.93. The van der Waals surface area contributed by atoms with Crippen molar-refractivity contribution in [2.24, 2.45) is 0 Å². The standard InChI is InChI=1S/C13H19N5O/c1-9-12(15-8-16-13(9)19-3)14-6-4-5-11-7-17-18-10(11)2/h7-8H,4-6H2,1-3H3,(H,17,18)(H,14,15,16). The molecular formula is C13H19N5O. The lowest BCUT2D eigenvalue weighted by molar-refractivity contribution is 0.393. The highest BCUT2D eigenvalue weighted by atomic mass is 16.5. The maximum atomic E-state index is 5.16. The minimum Gasteiger partial charge on any atom is -0.481 e. The summed E-state index contributed by atoms with van der Waals surface area (Å²) in [7, 11) is 1.61. The van der Waals surface area contributed by atoms with Crippen LogP contribution in [0.4, 0.5) is 5.82 Å².